The van der Waals surface area contributed by atoms with Gasteiger partial charge in [0.05, 0.1) is 0 Å². The molecule has 0 spiro atoms. The lowest BCUT2D eigenvalue weighted by atomic mass is 9.67. The first-order valence-corrected chi connectivity index (χ1v) is 7.99. The van der Waals surface area contributed by atoms with E-state index in [1.54, 1.807) is 0 Å². The second-order valence-corrected chi connectivity index (χ2v) is 6.68. The first kappa shape index (κ1) is 13.9. The van der Waals surface area contributed by atoms with Gasteiger partial charge in [-0.25, -0.2) is 0 Å². The smallest absolute Gasteiger partial charge is 0.0236 e. The average Bonchev–Trinajstić information content (AvgIpc) is 2.47. The normalized spacial score (nSPS) is 38.9. The van der Waals surface area contributed by atoms with Crippen LogP contribution in [0.3, 0.4) is 0 Å². The zero-order valence-electron chi connectivity index (χ0n) is 12.1. The predicted octanol–water partition coefficient (Wildman–Crippen LogP) is 5.61. The van der Waals surface area contributed by atoms with Crippen LogP contribution in [0.5, 0.6) is 0 Å². The van der Waals surface area contributed by atoms with Crippen LogP contribution in [-0.2, 0) is 0 Å². The Hall–Kier alpha value is -0.520. The van der Waals surface area contributed by atoms with E-state index in [1.807, 2.05) is 0 Å². The van der Waals surface area contributed by atoms with E-state index < -0.39 is 0 Å². The highest BCUT2D eigenvalue weighted by molar-refractivity contribution is 4.89. The summed E-state index contributed by atoms with van der Waals surface area (Å²) < 4.78 is 0. The minimum Gasteiger partial charge on any atom is -0.103 e. The van der Waals surface area contributed by atoms with E-state index in [-0.39, 0.29) is 0 Å². The van der Waals surface area contributed by atoms with Gasteiger partial charge >= 0.3 is 0 Å². The van der Waals surface area contributed by atoms with Crippen molar-refractivity contribution in [2.45, 2.75) is 58.3 Å². The molecule has 0 aliphatic heterocycles. The van der Waals surface area contributed by atoms with Crippen molar-refractivity contribution in [2.75, 3.05) is 0 Å². The molecule has 18 heavy (non-hydrogen) atoms. The van der Waals surface area contributed by atoms with E-state index in [4.69, 9.17) is 0 Å². The van der Waals surface area contributed by atoms with E-state index >= 15 is 0 Å². The molecule has 0 unspecified atom stereocenters. The lowest BCUT2D eigenvalue weighted by Gasteiger charge is -2.38. The molecule has 0 nitrogen and oxygen atoms in total. The van der Waals surface area contributed by atoms with Crippen LogP contribution >= 0.6 is 0 Å². The molecule has 0 aromatic rings. The molecule has 0 bridgehead atoms. The maximum absolute atomic E-state index is 3.95. The van der Waals surface area contributed by atoms with Crippen molar-refractivity contribution < 1.29 is 0 Å². The Morgan fingerprint density at radius 2 is 1.06 bits per heavy atom. The van der Waals surface area contributed by atoms with Gasteiger partial charge in [0.1, 0.15) is 0 Å². The van der Waals surface area contributed by atoms with Crippen LogP contribution in [0.2, 0.25) is 0 Å². The summed E-state index contributed by atoms with van der Waals surface area (Å²) in [5.74, 6) is 4.55. The SMILES string of the molecule is C=CC1CCC(C(C)C2CCC(C=C)CC2)CC1. The van der Waals surface area contributed by atoms with Crippen molar-refractivity contribution in [3.63, 3.8) is 0 Å². The summed E-state index contributed by atoms with van der Waals surface area (Å²) in [6.07, 6.45) is 15.7. The van der Waals surface area contributed by atoms with Crippen molar-refractivity contribution in [1.82, 2.24) is 0 Å². The molecule has 0 amide bonds. The number of hydrogen-bond donors (Lipinski definition) is 0. The Kier molecular flexibility index (Phi) is 5.09. The minimum absolute atomic E-state index is 0.810. The second kappa shape index (κ2) is 6.59. The summed E-state index contributed by atoms with van der Waals surface area (Å²) >= 11 is 0. The molecule has 0 N–H and O–H groups in total. The summed E-state index contributed by atoms with van der Waals surface area (Å²) in [5.41, 5.74) is 0. The van der Waals surface area contributed by atoms with Crippen molar-refractivity contribution >= 4 is 0 Å². The molecule has 0 heterocycles. The molecule has 102 valence electrons. The average molecular weight is 246 g/mol. The minimum atomic E-state index is 0.810. The molecular weight excluding hydrogens is 216 g/mol. The third-order valence-corrected chi connectivity index (χ3v) is 5.79. The Balaban J connectivity index is 1.79. The summed E-state index contributed by atoms with van der Waals surface area (Å²) in [6, 6.07) is 0. The topological polar surface area (TPSA) is 0 Å². The lowest BCUT2D eigenvalue weighted by Crippen LogP contribution is -2.27. The third-order valence-electron chi connectivity index (χ3n) is 5.79. The Labute approximate surface area is 114 Å². The van der Waals surface area contributed by atoms with Gasteiger partial charge < -0.3 is 0 Å². The fourth-order valence-corrected chi connectivity index (χ4v) is 4.20. The Bertz CT molecular complexity index is 234. The highest BCUT2D eigenvalue weighted by Gasteiger charge is 2.31. The standard InChI is InChI=1S/C18H30/c1-4-15-6-10-17(11-7-15)14(3)18-12-8-16(5-2)9-13-18/h4-5,14-18H,1-2,6-13H2,3H3. The van der Waals surface area contributed by atoms with Gasteiger partial charge in [0.25, 0.3) is 0 Å². The van der Waals surface area contributed by atoms with Crippen LogP contribution in [0, 0.1) is 29.6 Å². The van der Waals surface area contributed by atoms with Gasteiger partial charge in [-0.05, 0) is 81.0 Å². The van der Waals surface area contributed by atoms with Gasteiger partial charge in [0.2, 0.25) is 0 Å². The van der Waals surface area contributed by atoms with Gasteiger partial charge in [-0.15, -0.1) is 13.2 Å². The van der Waals surface area contributed by atoms with Crippen molar-refractivity contribution in [3.8, 4) is 0 Å². The number of allylic oxidation sites excluding steroid dienone is 2. The van der Waals surface area contributed by atoms with Gasteiger partial charge in [0, 0.05) is 0 Å². The third kappa shape index (κ3) is 3.28. The van der Waals surface area contributed by atoms with Crippen molar-refractivity contribution in [2.24, 2.45) is 29.6 Å². The Morgan fingerprint density at radius 1 is 0.722 bits per heavy atom. The van der Waals surface area contributed by atoms with Crippen LogP contribution in [0.4, 0.5) is 0 Å². The van der Waals surface area contributed by atoms with Crippen LogP contribution in [0.15, 0.2) is 25.3 Å². The summed E-state index contributed by atoms with van der Waals surface area (Å²) in [4.78, 5) is 0. The monoisotopic (exact) mass is 246 g/mol. The zero-order valence-corrected chi connectivity index (χ0v) is 12.1. The molecule has 0 radical (unpaired) electrons. The highest BCUT2D eigenvalue weighted by Crippen LogP contribution is 2.42. The molecule has 2 aliphatic rings. The van der Waals surface area contributed by atoms with Crippen molar-refractivity contribution in [3.05, 3.63) is 25.3 Å². The predicted molar refractivity (Wildman–Crippen MR) is 80.5 cm³/mol. The van der Waals surface area contributed by atoms with Crippen LogP contribution in [-0.4, -0.2) is 0 Å². The molecule has 0 saturated heterocycles. The molecule has 0 atom stereocenters. The lowest BCUT2D eigenvalue weighted by molar-refractivity contribution is 0.139. The molecule has 2 rings (SSSR count). The second-order valence-electron chi connectivity index (χ2n) is 6.68. The van der Waals surface area contributed by atoms with Crippen LogP contribution in [0.25, 0.3) is 0 Å². The molecule has 0 aromatic carbocycles. The van der Waals surface area contributed by atoms with E-state index in [1.165, 1.54) is 51.4 Å². The largest absolute Gasteiger partial charge is 0.103 e. The molecule has 2 aliphatic carbocycles. The van der Waals surface area contributed by atoms with E-state index in [0.717, 1.165) is 29.6 Å². The first-order valence-electron chi connectivity index (χ1n) is 7.99. The molecule has 2 saturated carbocycles. The maximum atomic E-state index is 3.95. The molecule has 2 fully saturated rings. The van der Waals surface area contributed by atoms with E-state index in [0.29, 0.717) is 0 Å². The summed E-state index contributed by atoms with van der Waals surface area (Å²) in [6.45, 7) is 10.4. The van der Waals surface area contributed by atoms with Crippen LogP contribution < -0.4 is 0 Å². The molecular formula is C18H30. The highest BCUT2D eigenvalue weighted by atomic mass is 14.4. The van der Waals surface area contributed by atoms with Gasteiger partial charge in [-0.1, -0.05) is 19.1 Å². The molecule has 0 heteroatoms. The van der Waals surface area contributed by atoms with Gasteiger partial charge in [-0.2, -0.15) is 0 Å². The van der Waals surface area contributed by atoms with Crippen molar-refractivity contribution in [1.29, 1.82) is 0 Å². The number of hydrogen-bond acceptors (Lipinski definition) is 0. The van der Waals surface area contributed by atoms with Gasteiger partial charge in [0.15, 0.2) is 0 Å². The number of rotatable bonds is 4. The summed E-state index contributed by atoms with van der Waals surface area (Å²) in [7, 11) is 0. The summed E-state index contributed by atoms with van der Waals surface area (Å²) in [5, 5.41) is 0. The van der Waals surface area contributed by atoms with Crippen LogP contribution in [0.1, 0.15) is 58.3 Å². The maximum Gasteiger partial charge on any atom is -0.0236 e. The van der Waals surface area contributed by atoms with Gasteiger partial charge in [-0.3, -0.25) is 0 Å². The fraction of sp³-hybridized carbons (Fsp3) is 0.778. The quantitative estimate of drug-likeness (QED) is 0.566. The zero-order chi connectivity index (χ0) is 13.0. The first-order chi connectivity index (χ1) is 8.74. The molecule has 0 aromatic heterocycles. The fourth-order valence-electron chi connectivity index (χ4n) is 4.20. The van der Waals surface area contributed by atoms with E-state index in [2.05, 4.69) is 32.2 Å². The Morgan fingerprint density at radius 3 is 1.33 bits per heavy atom. The van der Waals surface area contributed by atoms with E-state index in [9.17, 15) is 0 Å².